The summed E-state index contributed by atoms with van der Waals surface area (Å²) in [5.74, 6) is -1.23. The van der Waals surface area contributed by atoms with E-state index in [1.165, 1.54) is 36.4 Å². The number of aliphatic carboxylic acids is 1. The predicted octanol–water partition coefficient (Wildman–Crippen LogP) is 2.46. The van der Waals surface area contributed by atoms with Crippen molar-refractivity contribution in [3.05, 3.63) is 15.0 Å². The van der Waals surface area contributed by atoms with Crippen LogP contribution in [0.2, 0.25) is 0 Å². The Morgan fingerprint density at radius 2 is 2.06 bits per heavy atom. The summed E-state index contributed by atoms with van der Waals surface area (Å²) in [5.41, 5.74) is -0.846. The average molecular weight is 348 g/mol. The molecule has 90 valence electrons. The fraction of sp³-hybridized carbons (Fsp3) is 0.500. The van der Waals surface area contributed by atoms with E-state index in [0.717, 1.165) is 4.68 Å². The zero-order chi connectivity index (χ0) is 12.7. The standard InChI is InChI=1S/C8H8F3IN2O2/c1-3-5(12)6(8(9,10)11)13-14(3)4(2)7(15)16/h4H,1-2H3,(H,15,16)/t4-/m1/s1. The molecule has 0 bridgehead atoms. The van der Waals surface area contributed by atoms with E-state index in [-0.39, 0.29) is 9.26 Å². The maximum atomic E-state index is 12.5. The minimum Gasteiger partial charge on any atom is -0.480 e. The maximum absolute atomic E-state index is 12.5. The fourth-order valence-corrected chi connectivity index (χ4v) is 1.82. The van der Waals surface area contributed by atoms with Gasteiger partial charge in [0.15, 0.2) is 5.69 Å². The van der Waals surface area contributed by atoms with E-state index in [9.17, 15) is 18.0 Å². The third-order valence-electron chi connectivity index (χ3n) is 2.07. The SMILES string of the molecule is Cc1c(I)c(C(F)(F)F)nn1[C@H](C)C(=O)O. The molecule has 0 spiro atoms. The Morgan fingerprint density at radius 3 is 2.38 bits per heavy atom. The number of alkyl halides is 3. The van der Waals surface area contributed by atoms with Gasteiger partial charge in [-0.25, -0.2) is 4.79 Å². The van der Waals surface area contributed by atoms with Crippen molar-refractivity contribution in [2.24, 2.45) is 0 Å². The molecule has 0 saturated carbocycles. The van der Waals surface area contributed by atoms with Gasteiger partial charge in [-0.3, -0.25) is 4.68 Å². The molecule has 1 heterocycles. The number of hydrogen-bond acceptors (Lipinski definition) is 2. The third-order valence-corrected chi connectivity index (χ3v) is 3.36. The molecular weight excluding hydrogens is 340 g/mol. The van der Waals surface area contributed by atoms with E-state index in [1.807, 2.05) is 0 Å². The summed E-state index contributed by atoms with van der Waals surface area (Å²) in [6, 6.07) is -1.12. The van der Waals surface area contributed by atoms with Crippen molar-refractivity contribution in [1.29, 1.82) is 0 Å². The van der Waals surface area contributed by atoms with Crippen LogP contribution in [0.15, 0.2) is 0 Å². The Labute approximate surface area is 103 Å². The summed E-state index contributed by atoms with van der Waals surface area (Å²) < 4.78 is 38.2. The lowest BCUT2D eigenvalue weighted by Gasteiger charge is -2.08. The van der Waals surface area contributed by atoms with Crippen molar-refractivity contribution in [1.82, 2.24) is 9.78 Å². The Balaban J connectivity index is 3.30. The Bertz CT molecular complexity index is 428. The molecular formula is C8H8F3IN2O2. The average Bonchev–Trinajstić information content (AvgIpc) is 2.42. The molecule has 0 fully saturated rings. The molecule has 1 rings (SSSR count). The van der Waals surface area contributed by atoms with E-state index in [1.54, 1.807) is 0 Å². The third kappa shape index (κ3) is 2.30. The molecule has 0 aliphatic heterocycles. The van der Waals surface area contributed by atoms with Gasteiger partial charge in [0.2, 0.25) is 0 Å². The van der Waals surface area contributed by atoms with Gasteiger partial charge in [-0.15, -0.1) is 0 Å². The second-order valence-electron chi connectivity index (χ2n) is 3.20. The smallest absolute Gasteiger partial charge is 0.436 e. The topological polar surface area (TPSA) is 55.1 Å². The van der Waals surface area contributed by atoms with Crippen molar-refractivity contribution < 1.29 is 23.1 Å². The molecule has 4 nitrogen and oxygen atoms in total. The summed E-state index contributed by atoms with van der Waals surface area (Å²) >= 11 is 1.51. The lowest BCUT2D eigenvalue weighted by Crippen LogP contribution is -2.18. The summed E-state index contributed by atoms with van der Waals surface area (Å²) in [5, 5.41) is 12.0. The largest absolute Gasteiger partial charge is 0.480 e. The highest BCUT2D eigenvalue weighted by atomic mass is 127. The number of hydrogen-bond donors (Lipinski definition) is 1. The molecule has 1 aromatic rings. The molecule has 1 aromatic heterocycles. The van der Waals surface area contributed by atoms with Crippen LogP contribution in [0.5, 0.6) is 0 Å². The molecule has 0 unspecified atom stereocenters. The number of nitrogens with zero attached hydrogens (tertiary/aromatic N) is 2. The van der Waals surface area contributed by atoms with E-state index in [0.29, 0.717) is 0 Å². The lowest BCUT2D eigenvalue weighted by molar-refractivity contribution is -0.144. The van der Waals surface area contributed by atoms with Crippen molar-refractivity contribution in [3.8, 4) is 0 Å². The van der Waals surface area contributed by atoms with E-state index < -0.39 is 23.9 Å². The summed E-state index contributed by atoms with van der Waals surface area (Å²) in [6.07, 6.45) is -4.56. The molecule has 1 N–H and O–H groups in total. The lowest BCUT2D eigenvalue weighted by atomic mass is 10.3. The Morgan fingerprint density at radius 1 is 1.56 bits per heavy atom. The normalized spacial score (nSPS) is 13.9. The van der Waals surface area contributed by atoms with Gasteiger partial charge < -0.3 is 5.11 Å². The molecule has 0 amide bonds. The van der Waals surface area contributed by atoms with Crippen molar-refractivity contribution in [2.75, 3.05) is 0 Å². The van der Waals surface area contributed by atoms with Crippen LogP contribution >= 0.6 is 22.6 Å². The zero-order valence-corrected chi connectivity index (χ0v) is 10.5. The minimum absolute atomic E-state index is 0.0711. The second-order valence-corrected chi connectivity index (χ2v) is 4.28. The van der Waals surface area contributed by atoms with Crippen molar-refractivity contribution >= 4 is 28.6 Å². The van der Waals surface area contributed by atoms with E-state index >= 15 is 0 Å². The van der Waals surface area contributed by atoms with Crippen LogP contribution in [0.4, 0.5) is 13.2 Å². The predicted molar refractivity (Wildman–Crippen MR) is 57.0 cm³/mol. The Kier molecular flexibility index (Phi) is 3.50. The maximum Gasteiger partial charge on any atom is 0.436 e. The van der Waals surface area contributed by atoms with Gasteiger partial charge in [-0.05, 0) is 36.4 Å². The molecule has 0 aliphatic rings. The van der Waals surface area contributed by atoms with Gasteiger partial charge in [0, 0.05) is 0 Å². The van der Waals surface area contributed by atoms with Crippen LogP contribution < -0.4 is 0 Å². The fourth-order valence-electron chi connectivity index (χ4n) is 1.16. The molecule has 0 radical (unpaired) electrons. The number of aromatic nitrogens is 2. The van der Waals surface area contributed by atoms with Crippen LogP contribution in [0.3, 0.4) is 0 Å². The van der Waals surface area contributed by atoms with Crippen LogP contribution in [-0.4, -0.2) is 20.9 Å². The van der Waals surface area contributed by atoms with Crippen LogP contribution in [0.1, 0.15) is 24.4 Å². The van der Waals surface area contributed by atoms with Gasteiger partial charge in [-0.2, -0.15) is 18.3 Å². The second kappa shape index (κ2) is 4.22. The van der Waals surface area contributed by atoms with E-state index in [4.69, 9.17) is 5.11 Å². The quantitative estimate of drug-likeness (QED) is 0.836. The molecule has 0 aromatic carbocycles. The summed E-state index contributed by atoms with van der Waals surface area (Å²) in [6.45, 7) is 2.68. The molecule has 0 saturated heterocycles. The first-order valence-electron chi connectivity index (χ1n) is 4.21. The van der Waals surface area contributed by atoms with Gasteiger partial charge in [0.25, 0.3) is 0 Å². The summed E-state index contributed by atoms with van der Waals surface area (Å²) in [4.78, 5) is 10.7. The van der Waals surface area contributed by atoms with E-state index in [2.05, 4.69) is 5.10 Å². The number of halogens is 4. The first kappa shape index (κ1) is 13.3. The number of rotatable bonds is 2. The van der Waals surface area contributed by atoms with Gasteiger partial charge in [-0.1, -0.05) is 0 Å². The highest BCUT2D eigenvalue weighted by Gasteiger charge is 2.38. The van der Waals surface area contributed by atoms with Crippen LogP contribution in [0, 0.1) is 10.5 Å². The Hall–Kier alpha value is -0.800. The molecule has 16 heavy (non-hydrogen) atoms. The number of carbonyl (C=O) groups is 1. The molecule has 0 aliphatic carbocycles. The molecule has 1 atom stereocenters. The highest BCUT2D eigenvalue weighted by molar-refractivity contribution is 14.1. The van der Waals surface area contributed by atoms with Crippen molar-refractivity contribution in [2.45, 2.75) is 26.1 Å². The summed E-state index contributed by atoms with van der Waals surface area (Å²) in [7, 11) is 0. The number of carboxylic acids is 1. The monoisotopic (exact) mass is 348 g/mol. The van der Waals surface area contributed by atoms with Crippen LogP contribution in [-0.2, 0) is 11.0 Å². The highest BCUT2D eigenvalue weighted by Crippen LogP contribution is 2.33. The zero-order valence-electron chi connectivity index (χ0n) is 8.34. The van der Waals surface area contributed by atoms with Gasteiger partial charge in [0.1, 0.15) is 6.04 Å². The van der Waals surface area contributed by atoms with Gasteiger partial charge >= 0.3 is 12.1 Å². The van der Waals surface area contributed by atoms with Crippen molar-refractivity contribution in [3.63, 3.8) is 0 Å². The molecule has 8 heteroatoms. The first-order chi connectivity index (χ1) is 7.16. The number of carboxylic acid groups (broad SMARTS) is 1. The van der Waals surface area contributed by atoms with Crippen LogP contribution in [0.25, 0.3) is 0 Å². The minimum atomic E-state index is -4.56. The van der Waals surface area contributed by atoms with Gasteiger partial charge in [0.05, 0.1) is 9.26 Å². The first-order valence-corrected chi connectivity index (χ1v) is 5.28.